The van der Waals surface area contributed by atoms with Gasteiger partial charge in [0.25, 0.3) is 5.56 Å². The molecule has 0 unspecified atom stereocenters. The minimum atomic E-state index is -0.431. The lowest BCUT2D eigenvalue weighted by molar-refractivity contribution is -0.115. The van der Waals surface area contributed by atoms with E-state index in [4.69, 9.17) is 0 Å². The van der Waals surface area contributed by atoms with E-state index < -0.39 is 5.25 Å². The standard InChI is InChI=1S/C23H25N3O2S/c1-5-14-26-22(28)18-11-7-9-13-20(18)25-23(26)29-16(4)21(27)24-19-12-8-6-10-17(19)15(2)3/h5-13,15-16H,1,14H2,2-4H3,(H,24,27)/t16-/m1/s1. The Morgan fingerprint density at radius 1 is 1.17 bits per heavy atom. The van der Waals surface area contributed by atoms with Crippen LogP contribution in [0.4, 0.5) is 5.69 Å². The molecule has 6 heteroatoms. The van der Waals surface area contributed by atoms with Gasteiger partial charge in [0.1, 0.15) is 0 Å². The average Bonchev–Trinajstić information content (AvgIpc) is 2.71. The van der Waals surface area contributed by atoms with Crippen molar-refractivity contribution < 1.29 is 4.79 Å². The van der Waals surface area contributed by atoms with E-state index in [-0.39, 0.29) is 11.5 Å². The van der Waals surface area contributed by atoms with Gasteiger partial charge in [-0.15, -0.1) is 6.58 Å². The molecule has 0 bridgehead atoms. The molecule has 150 valence electrons. The van der Waals surface area contributed by atoms with E-state index in [0.717, 1.165) is 11.3 Å². The number of benzene rings is 2. The number of thioether (sulfide) groups is 1. The summed E-state index contributed by atoms with van der Waals surface area (Å²) in [6.07, 6.45) is 1.66. The predicted molar refractivity (Wildman–Crippen MR) is 121 cm³/mol. The number of aromatic nitrogens is 2. The van der Waals surface area contributed by atoms with Crippen LogP contribution < -0.4 is 10.9 Å². The van der Waals surface area contributed by atoms with E-state index in [0.29, 0.717) is 28.5 Å². The smallest absolute Gasteiger partial charge is 0.262 e. The monoisotopic (exact) mass is 407 g/mol. The van der Waals surface area contributed by atoms with E-state index >= 15 is 0 Å². The number of carbonyl (C=O) groups is 1. The fourth-order valence-corrected chi connectivity index (χ4v) is 4.01. The maximum Gasteiger partial charge on any atom is 0.262 e. The molecule has 1 N–H and O–H groups in total. The van der Waals surface area contributed by atoms with Gasteiger partial charge in [0.15, 0.2) is 5.16 Å². The second-order valence-electron chi connectivity index (χ2n) is 7.11. The summed E-state index contributed by atoms with van der Waals surface area (Å²) in [6.45, 7) is 10.1. The molecule has 0 spiro atoms. The van der Waals surface area contributed by atoms with Crippen molar-refractivity contribution in [1.29, 1.82) is 0 Å². The molecule has 0 aliphatic rings. The molecular formula is C23H25N3O2S. The van der Waals surface area contributed by atoms with E-state index in [1.54, 1.807) is 16.7 Å². The molecule has 3 aromatic rings. The van der Waals surface area contributed by atoms with Crippen molar-refractivity contribution in [1.82, 2.24) is 9.55 Å². The SMILES string of the molecule is C=CCn1c(S[C@H](C)C(=O)Nc2ccccc2C(C)C)nc2ccccc2c1=O. The number of rotatable bonds is 7. The first-order valence-corrected chi connectivity index (χ1v) is 10.5. The average molecular weight is 408 g/mol. The van der Waals surface area contributed by atoms with Gasteiger partial charge < -0.3 is 5.32 Å². The summed E-state index contributed by atoms with van der Waals surface area (Å²) in [6, 6.07) is 15.0. The Hall–Kier alpha value is -2.86. The molecule has 0 radical (unpaired) electrons. The van der Waals surface area contributed by atoms with Crippen molar-refractivity contribution >= 4 is 34.3 Å². The second kappa shape index (κ2) is 9.09. The summed E-state index contributed by atoms with van der Waals surface area (Å²) >= 11 is 1.27. The Balaban J connectivity index is 1.88. The van der Waals surface area contributed by atoms with Gasteiger partial charge in [-0.05, 0) is 36.6 Å². The van der Waals surface area contributed by atoms with Crippen molar-refractivity contribution in [2.45, 2.75) is 43.6 Å². The number of hydrogen-bond donors (Lipinski definition) is 1. The summed E-state index contributed by atoms with van der Waals surface area (Å²) in [4.78, 5) is 30.3. The summed E-state index contributed by atoms with van der Waals surface area (Å²) in [5.74, 6) is 0.171. The minimum absolute atomic E-state index is 0.129. The van der Waals surface area contributed by atoms with E-state index in [2.05, 4.69) is 30.7 Å². The van der Waals surface area contributed by atoms with Crippen molar-refractivity contribution in [2.75, 3.05) is 5.32 Å². The number of nitrogens with zero attached hydrogens (tertiary/aromatic N) is 2. The highest BCUT2D eigenvalue weighted by atomic mass is 32.2. The van der Waals surface area contributed by atoms with E-state index in [1.165, 1.54) is 11.8 Å². The Morgan fingerprint density at radius 3 is 2.59 bits per heavy atom. The molecule has 0 fully saturated rings. The molecule has 1 aromatic heterocycles. The summed E-state index contributed by atoms with van der Waals surface area (Å²) in [5.41, 5.74) is 2.40. The fraction of sp³-hybridized carbons (Fsp3) is 0.261. The first-order valence-electron chi connectivity index (χ1n) is 9.59. The number of hydrogen-bond acceptors (Lipinski definition) is 4. The summed E-state index contributed by atoms with van der Waals surface area (Å²) in [7, 11) is 0. The number of para-hydroxylation sites is 2. The molecule has 2 aromatic carbocycles. The number of fused-ring (bicyclic) bond motifs is 1. The Kier molecular flexibility index (Phi) is 6.54. The molecule has 1 atom stereocenters. The van der Waals surface area contributed by atoms with Crippen LogP contribution in [-0.4, -0.2) is 20.7 Å². The molecule has 5 nitrogen and oxygen atoms in total. The van der Waals surface area contributed by atoms with E-state index in [9.17, 15) is 9.59 Å². The first-order chi connectivity index (χ1) is 13.9. The third-order valence-corrected chi connectivity index (χ3v) is 5.72. The molecule has 3 rings (SSSR count). The molecule has 1 amide bonds. The Morgan fingerprint density at radius 2 is 1.86 bits per heavy atom. The lowest BCUT2D eigenvalue weighted by Crippen LogP contribution is -2.27. The van der Waals surface area contributed by atoms with Gasteiger partial charge in [-0.2, -0.15) is 0 Å². The lowest BCUT2D eigenvalue weighted by atomic mass is 10.0. The van der Waals surface area contributed by atoms with Crippen molar-refractivity contribution in [3.05, 3.63) is 77.1 Å². The predicted octanol–water partition coefficient (Wildman–Crippen LogP) is 4.83. The van der Waals surface area contributed by atoms with Crippen LogP contribution in [0.2, 0.25) is 0 Å². The molecule has 0 aliphatic carbocycles. The number of carbonyl (C=O) groups excluding carboxylic acids is 1. The van der Waals surface area contributed by atoms with Crippen molar-refractivity contribution in [3.8, 4) is 0 Å². The van der Waals surface area contributed by atoms with Crippen LogP contribution in [0.3, 0.4) is 0 Å². The first kappa shape index (κ1) is 20.9. The quantitative estimate of drug-likeness (QED) is 0.346. The highest BCUT2D eigenvalue weighted by Gasteiger charge is 2.20. The molecule has 0 saturated carbocycles. The zero-order chi connectivity index (χ0) is 21.0. The Labute approximate surface area is 174 Å². The van der Waals surface area contributed by atoms with Crippen LogP contribution in [0.15, 0.2) is 71.1 Å². The number of anilines is 1. The zero-order valence-corrected chi connectivity index (χ0v) is 17.7. The molecular weight excluding hydrogens is 382 g/mol. The van der Waals surface area contributed by atoms with Crippen LogP contribution in [0.25, 0.3) is 10.9 Å². The zero-order valence-electron chi connectivity index (χ0n) is 16.9. The fourth-order valence-electron chi connectivity index (χ4n) is 3.09. The van der Waals surface area contributed by atoms with Crippen LogP contribution in [-0.2, 0) is 11.3 Å². The summed E-state index contributed by atoms with van der Waals surface area (Å²) in [5, 5.41) is 3.65. The van der Waals surface area contributed by atoms with Gasteiger partial charge >= 0.3 is 0 Å². The number of nitrogens with one attached hydrogen (secondary N) is 1. The van der Waals surface area contributed by atoms with Crippen LogP contribution in [0.1, 0.15) is 32.3 Å². The number of amides is 1. The third kappa shape index (κ3) is 4.59. The third-order valence-electron chi connectivity index (χ3n) is 4.63. The summed E-state index contributed by atoms with van der Waals surface area (Å²) < 4.78 is 1.56. The van der Waals surface area contributed by atoms with Crippen molar-refractivity contribution in [2.24, 2.45) is 0 Å². The maximum atomic E-state index is 12.9. The molecule has 1 heterocycles. The largest absolute Gasteiger partial charge is 0.325 e. The Bertz CT molecular complexity index is 1100. The molecule has 0 aliphatic heterocycles. The van der Waals surface area contributed by atoms with Gasteiger partial charge in [-0.1, -0.05) is 62.0 Å². The van der Waals surface area contributed by atoms with Gasteiger partial charge in [0.2, 0.25) is 5.91 Å². The van der Waals surface area contributed by atoms with Crippen LogP contribution in [0, 0.1) is 0 Å². The minimum Gasteiger partial charge on any atom is -0.325 e. The van der Waals surface area contributed by atoms with Gasteiger partial charge in [-0.3, -0.25) is 14.2 Å². The second-order valence-corrected chi connectivity index (χ2v) is 8.42. The maximum absolute atomic E-state index is 12.9. The van der Waals surface area contributed by atoms with Crippen LogP contribution >= 0.6 is 11.8 Å². The highest BCUT2D eigenvalue weighted by molar-refractivity contribution is 8.00. The normalized spacial score (nSPS) is 12.1. The van der Waals surface area contributed by atoms with E-state index in [1.807, 2.05) is 49.4 Å². The topological polar surface area (TPSA) is 64.0 Å². The van der Waals surface area contributed by atoms with Gasteiger partial charge in [0.05, 0.1) is 16.2 Å². The van der Waals surface area contributed by atoms with Gasteiger partial charge in [0, 0.05) is 12.2 Å². The number of allylic oxidation sites excluding steroid dienone is 1. The van der Waals surface area contributed by atoms with Gasteiger partial charge in [-0.25, -0.2) is 4.98 Å². The molecule has 29 heavy (non-hydrogen) atoms. The van der Waals surface area contributed by atoms with Crippen molar-refractivity contribution in [3.63, 3.8) is 0 Å². The molecule has 0 saturated heterocycles. The van der Waals surface area contributed by atoms with Crippen LogP contribution in [0.5, 0.6) is 0 Å². The highest BCUT2D eigenvalue weighted by Crippen LogP contribution is 2.27. The lowest BCUT2D eigenvalue weighted by Gasteiger charge is -2.17.